The van der Waals surface area contributed by atoms with Crippen LogP contribution in [0.1, 0.15) is 28.4 Å². The average molecular weight is 195 g/mol. The third kappa shape index (κ3) is 2.31. The lowest BCUT2D eigenvalue weighted by Gasteiger charge is -2.12. The van der Waals surface area contributed by atoms with Gasteiger partial charge in [0.15, 0.2) is 0 Å². The molecular weight excluding hydrogens is 182 g/mol. The lowest BCUT2D eigenvalue weighted by molar-refractivity contribution is 0.0694. The molecule has 0 bridgehead atoms. The Morgan fingerprint density at radius 2 is 2.07 bits per heavy atom. The lowest BCUT2D eigenvalue weighted by Crippen LogP contribution is -2.16. The molecule has 1 aromatic rings. The Labute approximate surface area is 82.0 Å². The van der Waals surface area contributed by atoms with Gasteiger partial charge in [0.05, 0.1) is 5.56 Å². The van der Waals surface area contributed by atoms with Crippen molar-refractivity contribution >= 4 is 5.97 Å². The van der Waals surface area contributed by atoms with E-state index in [1.165, 1.54) is 6.07 Å². The molecule has 4 heteroatoms. The van der Waals surface area contributed by atoms with Crippen molar-refractivity contribution in [3.63, 3.8) is 0 Å². The standard InChI is InChI=1S/C10H13NO3/c11-9(5-6-12)7-3-1-2-4-8(7)10(13)14/h1-4,9,12H,5-6,11H2,(H,13,14)/t9-/m0/s1. The summed E-state index contributed by atoms with van der Waals surface area (Å²) in [5, 5.41) is 17.6. The minimum atomic E-state index is -0.992. The molecule has 1 aromatic carbocycles. The van der Waals surface area contributed by atoms with E-state index >= 15 is 0 Å². The summed E-state index contributed by atoms with van der Waals surface area (Å²) < 4.78 is 0. The molecule has 0 saturated carbocycles. The highest BCUT2D eigenvalue weighted by molar-refractivity contribution is 5.89. The van der Waals surface area contributed by atoms with E-state index in [9.17, 15) is 4.79 Å². The van der Waals surface area contributed by atoms with E-state index in [0.717, 1.165) is 0 Å². The number of rotatable bonds is 4. The maximum atomic E-state index is 10.8. The Hall–Kier alpha value is -1.39. The first-order valence-corrected chi connectivity index (χ1v) is 4.35. The molecule has 14 heavy (non-hydrogen) atoms. The number of benzene rings is 1. The molecule has 1 atom stereocenters. The topological polar surface area (TPSA) is 83.5 Å². The van der Waals surface area contributed by atoms with Gasteiger partial charge in [0.25, 0.3) is 0 Å². The number of carboxylic acid groups (broad SMARTS) is 1. The van der Waals surface area contributed by atoms with Crippen molar-refractivity contribution in [3.05, 3.63) is 35.4 Å². The lowest BCUT2D eigenvalue weighted by atomic mass is 9.99. The van der Waals surface area contributed by atoms with Crippen LogP contribution in [0.3, 0.4) is 0 Å². The van der Waals surface area contributed by atoms with Crippen LogP contribution in [0.5, 0.6) is 0 Å². The summed E-state index contributed by atoms with van der Waals surface area (Å²) in [5.74, 6) is -0.992. The van der Waals surface area contributed by atoms with Crippen LogP contribution in [-0.2, 0) is 0 Å². The van der Waals surface area contributed by atoms with Crippen LogP contribution >= 0.6 is 0 Å². The molecule has 0 fully saturated rings. The van der Waals surface area contributed by atoms with Crippen molar-refractivity contribution in [2.45, 2.75) is 12.5 Å². The minimum absolute atomic E-state index is 0.0465. The third-order valence-corrected chi connectivity index (χ3v) is 2.03. The largest absolute Gasteiger partial charge is 0.478 e. The maximum Gasteiger partial charge on any atom is 0.336 e. The van der Waals surface area contributed by atoms with Gasteiger partial charge in [0.2, 0.25) is 0 Å². The second kappa shape index (κ2) is 4.74. The fourth-order valence-corrected chi connectivity index (χ4v) is 1.31. The van der Waals surface area contributed by atoms with E-state index in [1.807, 2.05) is 0 Å². The molecule has 1 rings (SSSR count). The predicted octanol–water partition coefficient (Wildman–Crippen LogP) is 0.767. The summed E-state index contributed by atoms with van der Waals surface area (Å²) in [5.41, 5.74) is 6.49. The average Bonchev–Trinajstić information content (AvgIpc) is 2.18. The van der Waals surface area contributed by atoms with Gasteiger partial charge in [-0.2, -0.15) is 0 Å². The van der Waals surface area contributed by atoms with E-state index in [1.54, 1.807) is 18.2 Å². The van der Waals surface area contributed by atoms with Crippen molar-refractivity contribution < 1.29 is 15.0 Å². The van der Waals surface area contributed by atoms with E-state index in [-0.39, 0.29) is 12.2 Å². The highest BCUT2D eigenvalue weighted by atomic mass is 16.4. The van der Waals surface area contributed by atoms with Gasteiger partial charge in [0.1, 0.15) is 0 Å². The second-order valence-electron chi connectivity index (χ2n) is 3.01. The Balaban J connectivity index is 3.00. The Kier molecular flexibility index (Phi) is 3.62. The van der Waals surface area contributed by atoms with Crippen LogP contribution in [-0.4, -0.2) is 22.8 Å². The number of carbonyl (C=O) groups is 1. The van der Waals surface area contributed by atoms with Gasteiger partial charge in [-0.05, 0) is 18.1 Å². The summed E-state index contributed by atoms with van der Waals surface area (Å²) in [7, 11) is 0. The molecular formula is C10H13NO3. The van der Waals surface area contributed by atoms with E-state index in [4.69, 9.17) is 15.9 Å². The summed E-state index contributed by atoms with van der Waals surface area (Å²) in [6, 6.07) is 6.14. The molecule has 4 nitrogen and oxygen atoms in total. The zero-order valence-corrected chi connectivity index (χ0v) is 7.68. The number of hydrogen-bond acceptors (Lipinski definition) is 3. The monoisotopic (exact) mass is 195 g/mol. The normalized spacial score (nSPS) is 12.4. The van der Waals surface area contributed by atoms with Crippen molar-refractivity contribution in [3.8, 4) is 0 Å². The van der Waals surface area contributed by atoms with Crippen LogP contribution in [0.2, 0.25) is 0 Å². The third-order valence-electron chi connectivity index (χ3n) is 2.03. The quantitative estimate of drug-likeness (QED) is 0.662. The SMILES string of the molecule is N[C@@H](CCO)c1ccccc1C(=O)O. The smallest absolute Gasteiger partial charge is 0.336 e. The molecule has 0 amide bonds. The van der Waals surface area contributed by atoms with Crippen molar-refractivity contribution in [2.75, 3.05) is 6.61 Å². The highest BCUT2D eigenvalue weighted by Gasteiger charge is 2.14. The first kappa shape index (κ1) is 10.7. The van der Waals surface area contributed by atoms with Crippen LogP contribution in [0, 0.1) is 0 Å². The fraction of sp³-hybridized carbons (Fsp3) is 0.300. The second-order valence-corrected chi connectivity index (χ2v) is 3.01. The molecule has 0 spiro atoms. The molecule has 0 aliphatic rings. The molecule has 76 valence electrons. The van der Waals surface area contributed by atoms with Gasteiger partial charge >= 0.3 is 5.97 Å². The van der Waals surface area contributed by atoms with Gasteiger partial charge in [-0.15, -0.1) is 0 Å². The zero-order chi connectivity index (χ0) is 10.6. The number of aromatic carboxylic acids is 1. The van der Waals surface area contributed by atoms with Crippen LogP contribution in [0.25, 0.3) is 0 Å². The molecule has 0 saturated heterocycles. The number of hydrogen-bond donors (Lipinski definition) is 3. The van der Waals surface area contributed by atoms with Crippen molar-refractivity contribution in [1.82, 2.24) is 0 Å². The summed E-state index contributed by atoms with van der Waals surface area (Å²) in [6.07, 6.45) is 0.365. The molecule has 0 heterocycles. The zero-order valence-electron chi connectivity index (χ0n) is 7.68. The van der Waals surface area contributed by atoms with Crippen LogP contribution in [0.4, 0.5) is 0 Å². The Bertz CT molecular complexity index is 325. The van der Waals surface area contributed by atoms with E-state index in [2.05, 4.69) is 0 Å². The maximum absolute atomic E-state index is 10.8. The number of aliphatic hydroxyl groups excluding tert-OH is 1. The first-order valence-electron chi connectivity index (χ1n) is 4.35. The Morgan fingerprint density at radius 3 is 2.64 bits per heavy atom. The number of carboxylic acids is 1. The van der Waals surface area contributed by atoms with E-state index < -0.39 is 12.0 Å². The van der Waals surface area contributed by atoms with Gasteiger partial charge < -0.3 is 15.9 Å². The number of nitrogens with two attached hydrogens (primary N) is 1. The molecule has 0 aliphatic heterocycles. The minimum Gasteiger partial charge on any atom is -0.478 e. The number of aliphatic hydroxyl groups is 1. The fourth-order valence-electron chi connectivity index (χ4n) is 1.31. The van der Waals surface area contributed by atoms with Crippen molar-refractivity contribution in [2.24, 2.45) is 5.73 Å². The molecule has 0 unspecified atom stereocenters. The highest BCUT2D eigenvalue weighted by Crippen LogP contribution is 2.18. The summed E-state index contributed by atoms with van der Waals surface area (Å²) in [4.78, 5) is 10.8. The van der Waals surface area contributed by atoms with Gasteiger partial charge in [0, 0.05) is 12.6 Å². The summed E-state index contributed by atoms with van der Waals surface area (Å²) in [6.45, 7) is -0.0465. The molecule has 0 aliphatic carbocycles. The molecule has 0 aromatic heterocycles. The van der Waals surface area contributed by atoms with Crippen LogP contribution in [0.15, 0.2) is 24.3 Å². The van der Waals surface area contributed by atoms with Gasteiger partial charge in [-0.1, -0.05) is 18.2 Å². The molecule has 0 radical (unpaired) electrons. The van der Waals surface area contributed by atoms with Gasteiger partial charge in [-0.3, -0.25) is 0 Å². The van der Waals surface area contributed by atoms with Gasteiger partial charge in [-0.25, -0.2) is 4.79 Å². The van der Waals surface area contributed by atoms with Crippen LogP contribution < -0.4 is 5.73 Å². The predicted molar refractivity (Wildman–Crippen MR) is 52.0 cm³/mol. The van der Waals surface area contributed by atoms with Crippen molar-refractivity contribution in [1.29, 1.82) is 0 Å². The summed E-state index contributed by atoms with van der Waals surface area (Å²) >= 11 is 0. The molecule has 4 N–H and O–H groups in total. The Morgan fingerprint density at radius 1 is 1.43 bits per heavy atom. The first-order chi connectivity index (χ1) is 6.66. The van der Waals surface area contributed by atoms with E-state index in [0.29, 0.717) is 12.0 Å².